The maximum absolute atomic E-state index is 12.2. The van der Waals surface area contributed by atoms with Gasteiger partial charge in [-0.2, -0.15) is 0 Å². The van der Waals surface area contributed by atoms with Gasteiger partial charge in [-0.3, -0.25) is 9.20 Å². The van der Waals surface area contributed by atoms with E-state index in [4.69, 9.17) is 4.42 Å². The molecule has 0 fully saturated rings. The Hall–Kier alpha value is -2.87. The first-order valence-electron chi connectivity index (χ1n) is 7.71. The fraction of sp³-hybridized carbons (Fsp3) is 0.176. The minimum atomic E-state index is -0.0855. The standard InChI is InChI=1S/C17H15N5O2S/c1-12-4-5-22-15(7-12)19-13(8-16(22)23)10-25-17-20-18-11-21(17)9-14-3-2-6-24-14/h2-8,11H,9-10H2,1H3. The molecule has 0 saturated heterocycles. The van der Waals surface area contributed by atoms with Gasteiger partial charge in [0.15, 0.2) is 5.16 Å². The molecule has 4 rings (SSSR count). The fourth-order valence-corrected chi connectivity index (χ4v) is 3.31. The van der Waals surface area contributed by atoms with Crippen molar-refractivity contribution in [2.45, 2.75) is 24.4 Å². The van der Waals surface area contributed by atoms with Crippen molar-refractivity contribution in [1.82, 2.24) is 24.1 Å². The molecular formula is C17H15N5O2S. The van der Waals surface area contributed by atoms with Crippen molar-refractivity contribution in [3.8, 4) is 0 Å². The van der Waals surface area contributed by atoms with Crippen molar-refractivity contribution in [1.29, 1.82) is 0 Å². The van der Waals surface area contributed by atoms with Gasteiger partial charge in [0.25, 0.3) is 5.56 Å². The molecule has 0 aliphatic rings. The highest BCUT2D eigenvalue weighted by Gasteiger charge is 2.09. The number of thioether (sulfide) groups is 1. The van der Waals surface area contributed by atoms with Crippen LogP contribution in [0.5, 0.6) is 0 Å². The highest BCUT2D eigenvalue weighted by atomic mass is 32.2. The largest absolute Gasteiger partial charge is 0.467 e. The lowest BCUT2D eigenvalue weighted by Crippen LogP contribution is -2.15. The van der Waals surface area contributed by atoms with E-state index in [1.165, 1.54) is 11.8 Å². The number of fused-ring (bicyclic) bond motifs is 1. The molecule has 7 nitrogen and oxygen atoms in total. The normalized spacial score (nSPS) is 11.2. The van der Waals surface area contributed by atoms with Crippen molar-refractivity contribution in [3.63, 3.8) is 0 Å². The maximum Gasteiger partial charge on any atom is 0.258 e. The quantitative estimate of drug-likeness (QED) is 0.513. The smallest absolute Gasteiger partial charge is 0.258 e. The number of hydrogen-bond acceptors (Lipinski definition) is 6. The Morgan fingerprint density at radius 3 is 3.04 bits per heavy atom. The molecule has 25 heavy (non-hydrogen) atoms. The molecule has 0 saturated carbocycles. The topological polar surface area (TPSA) is 78.2 Å². The van der Waals surface area contributed by atoms with E-state index in [-0.39, 0.29) is 5.56 Å². The Labute approximate surface area is 147 Å². The lowest BCUT2D eigenvalue weighted by atomic mass is 10.3. The highest BCUT2D eigenvalue weighted by Crippen LogP contribution is 2.20. The third-order valence-corrected chi connectivity index (χ3v) is 4.73. The molecule has 0 aliphatic carbocycles. The SMILES string of the molecule is Cc1ccn2c(=O)cc(CSc3nncn3Cc3ccco3)nc2c1. The summed E-state index contributed by atoms with van der Waals surface area (Å²) in [6, 6.07) is 9.10. The average molecular weight is 353 g/mol. The number of furan rings is 1. The Bertz CT molecular complexity index is 1070. The van der Waals surface area contributed by atoms with Crippen molar-refractivity contribution in [2.24, 2.45) is 0 Å². The molecule has 0 unspecified atom stereocenters. The monoisotopic (exact) mass is 353 g/mol. The minimum absolute atomic E-state index is 0.0855. The molecule has 0 atom stereocenters. The van der Waals surface area contributed by atoms with Gasteiger partial charge in [0, 0.05) is 18.0 Å². The van der Waals surface area contributed by atoms with E-state index < -0.39 is 0 Å². The number of hydrogen-bond donors (Lipinski definition) is 0. The number of aromatic nitrogens is 5. The van der Waals surface area contributed by atoms with E-state index in [0.29, 0.717) is 23.6 Å². The third-order valence-electron chi connectivity index (χ3n) is 3.71. The van der Waals surface area contributed by atoms with Crippen LogP contribution in [0.2, 0.25) is 0 Å². The van der Waals surface area contributed by atoms with Crippen LogP contribution in [0.3, 0.4) is 0 Å². The lowest BCUT2D eigenvalue weighted by molar-refractivity contribution is 0.484. The average Bonchev–Trinajstić information content (AvgIpc) is 3.25. The van der Waals surface area contributed by atoms with Crippen LogP contribution in [0, 0.1) is 6.92 Å². The van der Waals surface area contributed by atoms with Crippen LogP contribution in [-0.4, -0.2) is 24.1 Å². The van der Waals surface area contributed by atoms with E-state index in [1.54, 1.807) is 29.3 Å². The summed E-state index contributed by atoms with van der Waals surface area (Å²) in [6.45, 7) is 2.54. The summed E-state index contributed by atoms with van der Waals surface area (Å²) in [5.74, 6) is 1.37. The summed E-state index contributed by atoms with van der Waals surface area (Å²) in [7, 11) is 0. The zero-order chi connectivity index (χ0) is 17.2. The van der Waals surface area contributed by atoms with Gasteiger partial charge in [-0.1, -0.05) is 11.8 Å². The summed E-state index contributed by atoms with van der Waals surface area (Å²) in [6.07, 6.45) is 5.05. The fourth-order valence-electron chi connectivity index (χ4n) is 2.50. The lowest BCUT2D eigenvalue weighted by Gasteiger charge is -2.06. The van der Waals surface area contributed by atoms with Crippen molar-refractivity contribution in [3.05, 3.63) is 76.5 Å². The van der Waals surface area contributed by atoms with E-state index in [2.05, 4.69) is 15.2 Å². The molecular weight excluding hydrogens is 338 g/mol. The molecule has 0 amide bonds. The van der Waals surface area contributed by atoms with Crippen molar-refractivity contribution < 1.29 is 4.42 Å². The molecule has 4 aromatic heterocycles. The van der Waals surface area contributed by atoms with Gasteiger partial charge in [-0.25, -0.2) is 4.98 Å². The van der Waals surface area contributed by atoms with Gasteiger partial charge in [0.05, 0.1) is 18.5 Å². The summed E-state index contributed by atoms with van der Waals surface area (Å²) < 4.78 is 8.80. The molecule has 4 heterocycles. The summed E-state index contributed by atoms with van der Waals surface area (Å²) in [5.41, 5.74) is 2.35. The van der Waals surface area contributed by atoms with E-state index >= 15 is 0 Å². The molecule has 4 aromatic rings. The van der Waals surface area contributed by atoms with Crippen LogP contribution in [0.4, 0.5) is 0 Å². The number of nitrogens with zero attached hydrogens (tertiary/aromatic N) is 5. The summed E-state index contributed by atoms with van der Waals surface area (Å²) in [4.78, 5) is 16.8. The van der Waals surface area contributed by atoms with Crippen LogP contribution in [0.1, 0.15) is 17.0 Å². The molecule has 0 radical (unpaired) electrons. The van der Waals surface area contributed by atoms with Crippen molar-refractivity contribution >= 4 is 17.4 Å². The first kappa shape index (κ1) is 15.6. The van der Waals surface area contributed by atoms with E-state index in [1.807, 2.05) is 35.8 Å². The van der Waals surface area contributed by atoms with Crippen LogP contribution < -0.4 is 5.56 Å². The highest BCUT2D eigenvalue weighted by molar-refractivity contribution is 7.98. The predicted molar refractivity (Wildman–Crippen MR) is 93.6 cm³/mol. The molecule has 0 N–H and O–H groups in total. The number of aryl methyl sites for hydroxylation is 1. The van der Waals surface area contributed by atoms with Gasteiger partial charge in [0.1, 0.15) is 17.7 Å². The van der Waals surface area contributed by atoms with Crippen LogP contribution in [0.15, 0.2) is 63.5 Å². The second-order valence-electron chi connectivity index (χ2n) is 5.63. The van der Waals surface area contributed by atoms with Crippen LogP contribution >= 0.6 is 11.8 Å². The van der Waals surface area contributed by atoms with Gasteiger partial charge in [-0.05, 0) is 36.8 Å². The van der Waals surface area contributed by atoms with Crippen molar-refractivity contribution in [2.75, 3.05) is 0 Å². The first-order valence-corrected chi connectivity index (χ1v) is 8.69. The molecule has 0 aromatic carbocycles. The minimum Gasteiger partial charge on any atom is -0.467 e. The molecule has 0 aliphatic heterocycles. The van der Waals surface area contributed by atoms with Crippen LogP contribution in [0.25, 0.3) is 5.65 Å². The Morgan fingerprint density at radius 2 is 2.20 bits per heavy atom. The second-order valence-corrected chi connectivity index (χ2v) is 6.57. The molecule has 8 heteroatoms. The molecule has 0 bridgehead atoms. The van der Waals surface area contributed by atoms with E-state index in [0.717, 1.165) is 16.5 Å². The zero-order valence-electron chi connectivity index (χ0n) is 13.5. The second kappa shape index (κ2) is 6.56. The molecule has 0 spiro atoms. The first-order chi connectivity index (χ1) is 12.2. The number of rotatable bonds is 5. The van der Waals surface area contributed by atoms with Gasteiger partial charge >= 0.3 is 0 Å². The van der Waals surface area contributed by atoms with Crippen LogP contribution in [-0.2, 0) is 12.3 Å². The zero-order valence-corrected chi connectivity index (χ0v) is 14.3. The summed E-state index contributed by atoms with van der Waals surface area (Å²) >= 11 is 1.49. The van der Waals surface area contributed by atoms with E-state index in [9.17, 15) is 4.79 Å². The predicted octanol–water partition coefficient (Wildman–Crippen LogP) is 2.53. The third kappa shape index (κ3) is 3.34. The summed E-state index contributed by atoms with van der Waals surface area (Å²) in [5, 5.41) is 8.84. The Kier molecular flexibility index (Phi) is 4.10. The maximum atomic E-state index is 12.2. The van der Waals surface area contributed by atoms with Gasteiger partial charge < -0.3 is 8.98 Å². The van der Waals surface area contributed by atoms with Gasteiger partial charge in [0.2, 0.25) is 0 Å². The number of pyridine rings is 1. The molecule has 126 valence electrons. The Balaban J connectivity index is 1.55. The Morgan fingerprint density at radius 1 is 1.28 bits per heavy atom. The van der Waals surface area contributed by atoms with Gasteiger partial charge in [-0.15, -0.1) is 10.2 Å².